The maximum Gasteiger partial charge on any atom is 0.229 e. The van der Waals surface area contributed by atoms with Gasteiger partial charge in [-0.3, -0.25) is 0 Å². The topological polar surface area (TPSA) is 93.7 Å². The van der Waals surface area contributed by atoms with Gasteiger partial charge in [-0.1, -0.05) is 41.8 Å². The Morgan fingerprint density at radius 1 is 1.10 bits per heavy atom. The molecule has 10 heteroatoms. The molecule has 21 heavy (non-hydrogen) atoms. The first-order chi connectivity index (χ1) is 10.1. The van der Waals surface area contributed by atoms with Crippen LogP contribution in [-0.2, 0) is 5.75 Å². The van der Waals surface area contributed by atoms with Gasteiger partial charge >= 0.3 is 0 Å². The summed E-state index contributed by atoms with van der Waals surface area (Å²) in [6.07, 6.45) is 1.13. The lowest BCUT2D eigenvalue weighted by atomic mass is 10.6. The van der Waals surface area contributed by atoms with Crippen molar-refractivity contribution in [1.82, 2.24) is 25.1 Å². The van der Waals surface area contributed by atoms with Gasteiger partial charge in [0.2, 0.25) is 11.9 Å². The van der Waals surface area contributed by atoms with E-state index in [4.69, 9.17) is 5.73 Å². The zero-order chi connectivity index (χ0) is 15.2. The molecule has 0 aromatic carbocycles. The van der Waals surface area contributed by atoms with Gasteiger partial charge in [0.05, 0.1) is 5.75 Å². The van der Waals surface area contributed by atoms with Gasteiger partial charge in [-0.05, 0) is 6.42 Å². The third-order valence-electron chi connectivity index (χ3n) is 2.23. The number of nitrogens with zero attached hydrogens (tertiary/aromatic N) is 6. The fraction of sp³-hybridized carbons (Fsp3) is 0.545. The number of rotatable bonds is 7. The summed E-state index contributed by atoms with van der Waals surface area (Å²) < 4.78 is 1.92. The molecule has 0 unspecified atom stereocenters. The monoisotopic (exact) mass is 343 g/mol. The van der Waals surface area contributed by atoms with E-state index in [1.165, 1.54) is 0 Å². The summed E-state index contributed by atoms with van der Waals surface area (Å²) in [4.78, 5) is 14.4. The molecule has 0 aliphatic carbocycles. The van der Waals surface area contributed by atoms with E-state index in [0.717, 1.165) is 20.9 Å². The standard InChI is InChI=1S/C11H17N7S3/c1-4-5-19-10-16-17-11(21-10)20-6-7-13-8(12)15-9(14-7)18(2)3/h4-6H2,1-3H3,(H2,12,13,14,15). The number of nitrogen functional groups attached to an aromatic ring is 1. The Kier molecular flexibility index (Phi) is 6.00. The average Bonchev–Trinajstić information content (AvgIpc) is 2.90. The highest BCUT2D eigenvalue weighted by Crippen LogP contribution is 2.30. The van der Waals surface area contributed by atoms with Crippen molar-refractivity contribution >= 4 is 46.8 Å². The zero-order valence-corrected chi connectivity index (χ0v) is 14.6. The van der Waals surface area contributed by atoms with Crippen molar-refractivity contribution < 1.29 is 0 Å². The molecular formula is C11H17N7S3. The number of hydrogen-bond acceptors (Lipinski definition) is 10. The molecule has 2 rings (SSSR count). The third-order valence-corrected chi connectivity index (χ3v) is 5.62. The second-order valence-corrected chi connectivity index (χ2v) is 7.82. The third kappa shape index (κ3) is 4.97. The van der Waals surface area contributed by atoms with Gasteiger partial charge < -0.3 is 10.6 Å². The van der Waals surface area contributed by atoms with Crippen molar-refractivity contribution in [2.24, 2.45) is 0 Å². The molecule has 0 radical (unpaired) electrons. The molecule has 2 N–H and O–H groups in total. The van der Waals surface area contributed by atoms with Crippen LogP contribution in [0.25, 0.3) is 0 Å². The Labute approximate surface area is 136 Å². The van der Waals surface area contributed by atoms with Crippen LogP contribution in [0.3, 0.4) is 0 Å². The minimum atomic E-state index is 0.237. The molecule has 2 aromatic heterocycles. The van der Waals surface area contributed by atoms with Crippen molar-refractivity contribution in [3.05, 3.63) is 5.82 Å². The van der Waals surface area contributed by atoms with Crippen molar-refractivity contribution in [1.29, 1.82) is 0 Å². The summed E-state index contributed by atoms with van der Waals surface area (Å²) in [5.41, 5.74) is 5.70. The Morgan fingerprint density at radius 2 is 1.81 bits per heavy atom. The molecule has 0 saturated heterocycles. The molecule has 0 amide bonds. The van der Waals surface area contributed by atoms with E-state index in [0.29, 0.717) is 17.5 Å². The van der Waals surface area contributed by atoms with Gasteiger partial charge in [0.1, 0.15) is 5.82 Å². The average molecular weight is 344 g/mol. The van der Waals surface area contributed by atoms with Gasteiger partial charge in [0.25, 0.3) is 0 Å². The van der Waals surface area contributed by atoms with E-state index in [-0.39, 0.29) is 5.95 Å². The fourth-order valence-electron chi connectivity index (χ4n) is 1.32. The maximum atomic E-state index is 5.70. The zero-order valence-electron chi connectivity index (χ0n) is 12.1. The summed E-state index contributed by atoms with van der Waals surface area (Å²) in [6.45, 7) is 2.15. The second kappa shape index (κ2) is 7.76. The lowest BCUT2D eigenvalue weighted by Gasteiger charge is -2.10. The molecule has 0 fully saturated rings. The molecule has 114 valence electrons. The lowest BCUT2D eigenvalue weighted by molar-refractivity contribution is 0.916. The number of aromatic nitrogens is 5. The van der Waals surface area contributed by atoms with Crippen LogP contribution in [0.5, 0.6) is 0 Å². The number of hydrogen-bond donors (Lipinski definition) is 1. The first-order valence-corrected chi connectivity index (χ1v) is 9.14. The number of anilines is 2. The van der Waals surface area contributed by atoms with Crippen LogP contribution in [-0.4, -0.2) is 45.0 Å². The smallest absolute Gasteiger partial charge is 0.229 e. The van der Waals surface area contributed by atoms with Crippen LogP contribution in [0.1, 0.15) is 19.2 Å². The quantitative estimate of drug-likeness (QED) is 0.759. The van der Waals surface area contributed by atoms with E-state index in [2.05, 4.69) is 32.1 Å². The van der Waals surface area contributed by atoms with Gasteiger partial charge in [-0.2, -0.15) is 15.0 Å². The first-order valence-electron chi connectivity index (χ1n) is 6.35. The molecule has 0 atom stereocenters. The summed E-state index contributed by atoms with van der Waals surface area (Å²) in [6, 6.07) is 0. The minimum Gasteiger partial charge on any atom is -0.368 e. The normalized spacial score (nSPS) is 10.8. The van der Waals surface area contributed by atoms with Crippen LogP contribution in [0, 0.1) is 0 Å². The molecule has 0 bridgehead atoms. The van der Waals surface area contributed by atoms with E-state index in [1.807, 2.05) is 14.1 Å². The largest absolute Gasteiger partial charge is 0.368 e. The van der Waals surface area contributed by atoms with E-state index in [9.17, 15) is 0 Å². The molecule has 0 aliphatic rings. The predicted molar refractivity (Wildman–Crippen MR) is 89.1 cm³/mol. The highest BCUT2D eigenvalue weighted by Gasteiger charge is 2.09. The highest BCUT2D eigenvalue weighted by molar-refractivity contribution is 8.02. The number of thioether (sulfide) groups is 2. The van der Waals surface area contributed by atoms with Gasteiger partial charge in [-0.25, -0.2) is 0 Å². The lowest BCUT2D eigenvalue weighted by Crippen LogP contribution is -2.15. The molecule has 7 nitrogen and oxygen atoms in total. The molecule has 2 aromatic rings. The molecule has 0 saturated carbocycles. The van der Waals surface area contributed by atoms with Crippen molar-refractivity contribution in [2.75, 3.05) is 30.5 Å². The van der Waals surface area contributed by atoms with Gasteiger partial charge in [0.15, 0.2) is 8.68 Å². The summed E-state index contributed by atoms with van der Waals surface area (Å²) in [5.74, 6) is 3.11. The number of nitrogens with two attached hydrogens (primary N) is 1. The van der Waals surface area contributed by atoms with Crippen LogP contribution >= 0.6 is 34.9 Å². The molecular weight excluding hydrogens is 326 g/mol. The Hall–Kier alpha value is -1.13. The van der Waals surface area contributed by atoms with Crippen molar-refractivity contribution in [3.8, 4) is 0 Å². The van der Waals surface area contributed by atoms with Crippen LogP contribution < -0.4 is 10.6 Å². The van der Waals surface area contributed by atoms with E-state index < -0.39 is 0 Å². The van der Waals surface area contributed by atoms with Crippen molar-refractivity contribution in [2.45, 2.75) is 27.8 Å². The SMILES string of the molecule is CCCSc1nnc(SCc2nc(N)nc(N(C)C)n2)s1. The van der Waals surface area contributed by atoms with Gasteiger partial charge in [-0.15, -0.1) is 10.2 Å². The summed E-state index contributed by atoms with van der Waals surface area (Å²) >= 11 is 4.89. The van der Waals surface area contributed by atoms with Crippen molar-refractivity contribution in [3.63, 3.8) is 0 Å². The Balaban J connectivity index is 1.97. The molecule has 0 spiro atoms. The molecule has 2 heterocycles. The first kappa shape index (κ1) is 16.2. The highest BCUT2D eigenvalue weighted by atomic mass is 32.2. The predicted octanol–water partition coefficient (Wildman–Crippen LogP) is 2.17. The van der Waals surface area contributed by atoms with Crippen LogP contribution in [0.4, 0.5) is 11.9 Å². The fourth-order valence-corrected chi connectivity index (χ4v) is 4.12. The van der Waals surface area contributed by atoms with Crippen LogP contribution in [0.15, 0.2) is 8.68 Å². The molecule has 0 aliphatic heterocycles. The van der Waals surface area contributed by atoms with E-state index in [1.54, 1.807) is 39.8 Å². The van der Waals surface area contributed by atoms with Gasteiger partial charge in [0, 0.05) is 19.8 Å². The summed E-state index contributed by atoms with van der Waals surface area (Å²) in [7, 11) is 3.74. The van der Waals surface area contributed by atoms with E-state index >= 15 is 0 Å². The maximum absolute atomic E-state index is 5.70. The second-order valence-electron chi connectivity index (χ2n) is 4.28. The Bertz CT molecular complexity index is 587. The van der Waals surface area contributed by atoms with Crippen LogP contribution in [0.2, 0.25) is 0 Å². The summed E-state index contributed by atoms with van der Waals surface area (Å²) in [5, 5.41) is 8.32. The minimum absolute atomic E-state index is 0.237. The Morgan fingerprint density at radius 3 is 2.48 bits per heavy atom.